The molecule has 1 aliphatic heterocycles. The highest BCUT2D eigenvalue weighted by Gasteiger charge is 2.40. The van der Waals surface area contributed by atoms with Gasteiger partial charge in [-0.3, -0.25) is 9.69 Å². The SMILES string of the molecule is O=C(CN1CCc2sccc2[C@@H]1C1CC1)Nc1cc(C(F)(F)F)ccc1-n1cncn1. The Morgan fingerprint density at radius 3 is 2.81 bits per heavy atom. The third-order valence-electron chi connectivity index (χ3n) is 5.80. The van der Waals surface area contributed by atoms with Crippen molar-refractivity contribution in [2.75, 3.05) is 18.4 Å². The second kappa shape index (κ2) is 7.76. The predicted molar refractivity (Wildman–Crippen MR) is 110 cm³/mol. The molecule has 1 amide bonds. The lowest BCUT2D eigenvalue weighted by molar-refractivity contribution is -0.137. The molecule has 3 heterocycles. The van der Waals surface area contributed by atoms with Gasteiger partial charge in [0.15, 0.2) is 0 Å². The molecule has 1 saturated carbocycles. The Hall–Kier alpha value is -2.72. The number of rotatable bonds is 5. The van der Waals surface area contributed by atoms with Crippen LogP contribution in [0.3, 0.4) is 0 Å². The first-order valence-corrected chi connectivity index (χ1v) is 10.9. The van der Waals surface area contributed by atoms with E-state index in [1.54, 1.807) is 11.3 Å². The summed E-state index contributed by atoms with van der Waals surface area (Å²) in [6, 6.07) is 5.55. The van der Waals surface area contributed by atoms with Crippen molar-refractivity contribution in [1.29, 1.82) is 0 Å². The van der Waals surface area contributed by atoms with Crippen LogP contribution >= 0.6 is 11.3 Å². The average Bonchev–Trinajstić information content (AvgIpc) is 3.21. The fourth-order valence-corrected chi connectivity index (χ4v) is 5.17. The van der Waals surface area contributed by atoms with Gasteiger partial charge in [-0.15, -0.1) is 11.3 Å². The lowest BCUT2D eigenvalue weighted by atomic mass is 9.96. The number of carbonyl (C=O) groups is 1. The van der Waals surface area contributed by atoms with Gasteiger partial charge in [0.05, 0.1) is 23.5 Å². The molecule has 0 unspecified atom stereocenters. The van der Waals surface area contributed by atoms with Gasteiger partial charge in [0, 0.05) is 17.5 Å². The fourth-order valence-electron chi connectivity index (χ4n) is 4.26. The van der Waals surface area contributed by atoms with E-state index < -0.39 is 11.7 Å². The minimum absolute atomic E-state index is 0.0570. The largest absolute Gasteiger partial charge is 0.416 e. The van der Waals surface area contributed by atoms with Crippen molar-refractivity contribution < 1.29 is 18.0 Å². The summed E-state index contributed by atoms with van der Waals surface area (Å²) in [6.07, 6.45) is 1.32. The summed E-state index contributed by atoms with van der Waals surface area (Å²) < 4.78 is 41.1. The first kappa shape index (κ1) is 20.2. The van der Waals surface area contributed by atoms with E-state index in [0.29, 0.717) is 11.6 Å². The zero-order valence-electron chi connectivity index (χ0n) is 16.5. The van der Waals surface area contributed by atoms with Crippen molar-refractivity contribution in [3.8, 4) is 5.69 Å². The van der Waals surface area contributed by atoms with Crippen LogP contribution in [0.4, 0.5) is 18.9 Å². The molecule has 10 heteroatoms. The van der Waals surface area contributed by atoms with Crippen LogP contribution in [0.25, 0.3) is 5.69 Å². The van der Waals surface area contributed by atoms with Crippen LogP contribution in [0.1, 0.15) is 34.9 Å². The molecule has 0 spiro atoms. The van der Waals surface area contributed by atoms with Gasteiger partial charge < -0.3 is 5.32 Å². The number of hydrogen-bond donors (Lipinski definition) is 1. The molecule has 1 N–H and O–H groups in total. The lowest BCUT2D eigenvalue weighted by Gasteiger charge is -2.35. The molecule has 1 aliphatic carbocycles. The maximum absolute atomic E-state index is 13.3. The first-order valence-electron chi connectivity index (χ1n) is 10.1. The fraction of sp³-hybridized carbons (Fsp3) is 0.381. The Labute approximate surface area is 180 Å². The smallest absolute Gasteiger partial charge is 0.323 e. The highest BCUT2D eigenvalue weighted by Crippen LogP contribution is 2.48. The maximum atomic E-state index is 13.3. The monoisotopic (exact) mass is 447 g/mol. The van der Waals surface area contributed by atoms with Crippen LogP contribution in [0, 0.1) is 5.92 Å². The Morgan fingerprint density at radius 2 is 2.10 bits per heavy atom. The summed E-state index contributed by atoms with van der Waals surface area (Å²) in [6.45, 7) is 0.893. The summed E-state index contributed by atoms with van der Waals surface area (Å²) in [5.74, 6) is 0.200. The van der Waals surface area contributed by atoms with E-state index in [1.165, 1.54) is 33.8 Å². The van der Waals surface area contributed by atoms with Crippen molar-refractivity contribution in [3.05, 3.63) is 58.3 Å². The minimum Gasteiger partial charge on any atom is -0.323 e. The highest BCUT2D eigenvalue weighted by atomic mass is 32.1. The molecule has 3 aromatic rings. The highest BCUT2D eigenvalue weighted by molar-refractivity contribution is 7.10. The minimum atomic E-state index is -4.51. The number of thiophene rings is 1. The van der Waals surface area contributed by atoms with Crippen molar-refractivity contribution in [2.24, 2.45) is 5.92 Å². The Kier molecular flexibility index (Phi) is 5.05. The number of nitrogens with zero attached hydrogens (tertiary/aromatic N) is 4. The number of amides is 1. The number of halogens is 3. The number of benzene rings is 1. The van der Waals surface area contributed by atoms with Crippen LogP contribution < -0.4 is 5.32 Å². The Bertz CT molecular complexity index is 1090. The molecule has 162 valence electrons. The van der Waals surface area contributed by atoms with Crippen LogP contribution in [0.15, 0.2) is 42.3 Å². The second-order valence-electron chi connectivity index (χ2n) is 7.92. The number of alkyl halides is 3. The number of fused-ring (bicyclic) bond motifs is 1. The van der Waals surface area contributed by atoms with Gasteiger partial charge in [0.25, 0.3) is 0 Å². The summed E-state index contributed by atoms with van der Waals surface area (Å²) in [5.41, 5.74) is 0.857. The maximum Gasteiger partial charge on any atom is 0.416 e. The quantitative estimate of drug-likeness (QED) is 0.634. The number of nitrogens with one attached hydrogen (secondary N) is 1. The predicted octanol–water partition coefficient (Wildman–Crippen LogP) is 4.30. The van der Waals surface area contributed by atoms with Gasteiger partial charge in [-0.1, -0.05) is 0 Å². The summed E-state index contributed by atoms with van der Waals surface area (Å²) in [4.78, 5) is 20.3. The van der Waals surface area contributed by atoms with Crippen LogP contribution in [0.2, 0.25) is 0 Å². The molecule has 5 rings (SSSR count). The topological polar surface area (TPSA) is 63.1 Å². The van der Waals surface area contributed by atoms with Crippen molar-refractivity contribution in [2.45, 2.75) is 31.5 Å². The molecule has 0 radical (unpaired) electrons. The van der Waals surface area contributed by atoms with E-state index >= 15 is 0 Å². The summed E-state index contributed by atoms with van der Waals surface area (Å²) >= 11 is 1.75. The number of hydrogen-bond acceptors (Lipinski definition) is 5. The number of aromatic nitrogens is 3. The van der Waals surface area contributed by atoms with Crippen molar-refractivity contribution in [1.82, 2.24) is 19.7 Å². The number of carbonyl (C=O) groups excluding carboxylic acids is 1. The lowest BCUT2D eigenvalue weighted by Crippen LogP contribution is -2.41. The van der Waals surface area contributed by atoms with Crippen LogP contribution in [-0.2, 0) is 17.4 Å². The first-order chi connectivity index (χ1) is 14.9. The molecular weight excluding hydrogens is 427 g/mol. The Balaban J connectivity index is 1.39. The second-order valence-corrected chi connectivity index (χ2v) is 8.92. The zero-order chi connectivity index (χ0) is 21.6. The molecule has 1 fully saturated rings. The molecule has 2 aliphatic rings. The zero-order valence-corrected chi connectivity index (χ0v) is 17.3. The molecule has 1 aromatic carbocycles. The van der Waals surface area contributed by atoms with Crippen molar-refractivity contribution >= 4 is 22.9 Å². The molecule has 6 nitrogen and oxygen atoms in total. The van der Waals surface area contributed by atoms with Gasteiger partial charge in [-0.2, -0.15) is 18.3 Å². The molecule has 0 bridgehead atoms. The van der Waals surface area contributed by atoms with E-state index in [0.717, 1.165) is 37.9 Å². The summed E-state index contributed by atoms with van der Waals surface area (Å²) in [7, 11) is 0. The standard InChI is InChI=1S/C21H20F3N5OS/c22-21(23,24)14-3-4-17(29-12-25-11-26-29)16(9-14)27-19(30)10-28-7-5-18-15(6-8-31-18)20(28)13-1-2-13/h3-4,6,8-9,11-13,20H,1-2,5,7,10H2,(H,27,30)/t20-/m0/s1. The van der Waals surface area contributed by atoms with Gasteiger partial charge in [0.1, 0.15) is 12.7 Å². The van der Waals surface area contributed by atoms with Gasteiger partial charge in [-0.05, 0) is 60.4 Å². The molecule has 0 saturated heterocycles. The summed E-state index contributed by atoms with van der Waals surface area (Å²) in [5, 5.41) is 8.77. The van der Waals surface area contributed by atoms with E-state index in [9.17, 15) is 18.0 Å². The van der Waals surface area contributed by atoms with Gasteiger partial charge >= 0.3 is 6.18 Å². The van der Waals surface area contributed by atoms with Gasteiger partial charge in [0.2, 0.25) is 5.91 Å². The molecule has 2 aromatic heterocycles. The van der Waals surface area contributed by atoms with E-state index in [1.807, 2.05) is 0 Å². The number of anilines is 1. The van der Waals surface area contributed by atoms with Crippen LogP contribution in [-0.4, -0.2) is 38.7 Å². The normalized spacial score (nSPS) is 19.3. The van der Waals surface area contributed by atoms with Gasteiger partial charge in [-0.25, -0.2) is 9.67 Å². The van der Waals surface area contributed by atoms with E-state index in [4.69, 9.17) is 0 Å². The van der Waals surface area contributed by atoms with Crippen LogP contribution in [0.5, 0.6) is 0 Å². The third kappa shape index (κ3) is 4.09. The average molecular weight is 447 g/mol. The van der Waals surface area contributed by atoms with Crippen molar-refractivity contribution in [3.63, 3.8) is 0 Å². The Morgan fingerprint density at radius 1 is 1.26 bits per heavy atom. The third-order valence-corrected chi connectivity index (χ3v) is 6.79. The van der Waals surface area contributed by atoms with E-state index in [-0.39, 0.29) is 24.2 Å². The molecule has 31 heavy (non-hydrogen) atoms. The van der Waals surface area contributed by atoms with E-state index in [2.05, 4.69) is 31.7 Å². The molecular formula is C21H20F3N5OS. The molecule has 1 atom stereocenters.